The first kappa shape index (κ1) is 21.6. The number of hydrogen-bond acceptors (Lipinski definition) is 6. The lowest BCUT2D eigenvalue weighted by atomic mass is 9.38. The van der Waals surface area contributed by atoms with E-state index in [1.807, 2.05) is 0 Å². The summed E-state index contributed by atoms with van der Waals surface area (Å²) in [5, 5.41) is 0. The molecule has 4 aliphatic rings. The SMILES string of the molecule is CC(=O)OC[C@]12CCCC(C)(C)[C@@H]1CC[C@@]1(C)[C@@H]3COC(=O)[C@@H]3C[C@H](OC(C)=O)[C@@H]12. The molecule has 0 aromatic rings. The lowest BCUT2D eigenvalue weighted by molar-refractivity contribution is -0.238. The minimum absolute atomic E-state index is 0.0438. The monoisotopic (exact) mass is 420 g/mol. The van der Waals surface area contributed by atoms with E-state index in [9.17, 15) is 14.4 Å². The smallest absolute Gasteiger partial charge is 0.309 e. The number of rotatable bonds is 3. The zero-order valence-corrected chi connectivity index (χ0v) is 19.0. The Hall–Kier alpha value is -1.59. The Morgan fingerprint density at radius 3 is 2.50 bits per heavy atom. The number of carbonyl (C=O) groups excluding carboxylic acids is 3. The van der Waals surface area contributed by atoms with E-state index in [1.54, 1.807) is 0 Å². The van der Waals surface area contributed by atoms with Crippen molar-refractivity contribution in [3.8, 4) is 0 Å². The third kappa shape index (κ3) is 3.16. The quantitative estimate of drug-likeness (QED) is 0.509. The maximum atomic E-state index is 12.5. The summed E-state index contributed by atoms with van der Waals surface area (Å²) >= 11 is 0. The zero-order chi connectivity index (χ0) is 21.9. The van der Waals surface area contributed by atoms with Crippen LogP contribution in [0.1, 0.15) is 73.1 Å². The van der Waals surface area contributed by atoms with Crippen LogP contribution in [0.25, 0.3) is 0 Å². The normalized spacial score (nSPS) is 44.2. The van der Waals surface area contributed by atoms with Crippen LogP contribution in [0.3, 0.4) is 0 Å². The standard InChI is InChI=1S/C24H36O6/c1-14(25)29-13-24-9-6-8-22(3,4)19(24)7-10-23(5)17-12-28-21(27)16(17)11-18(20(23)24)30-15(2)26/h16-20H,6-13H2,1-5H3/t16-,17-,18+,19+,20+,23+,24-/m1/s1. The number of carbonyl (C=O) groups is 3. The van der Waals surface area contributed by atoms with Gasteiger partial charge in [-0.3, -0.25) is 14.4 Å². The number of fused-ring (bicyclic) bond motifs is 5. The van der Waals surface area contributed by atoms with Crippen molar-refractivity contribution in [3.63, 3.8) is 0 Å². The van der Waals surface area contributed by atoms with E-state index in [0.717, 1.165) is 32.1 Å². The molecule has 0 spiro atoms. The van der Waals surface area contributed by atoms with Gasteiger partial charge in [0.1, 0.15) is 6.10 Å². The highest BCUT2D eigenvalue weighted by atomic mass is 16.6. The molecule has 6 nitrogen and oxygen atoms in total. The highest BCUT2D eigenvalue weighted by molar-refractivity contribution is 5.75. The van der Waals surface area contributed by atoms with Crippen molar-refractivity contribution in [1.82, 2.24) is 0 Å². The molecule has 4 rings (SSSR count). The third-order valence-corrected chi connectivity index (χ3v) is 9.16. The molecule has 7 atom stereocenters. The molecule has 0 aromatic carbocycles. The molecule has 0 aromatic heterocycles. The summed E-state index contributed by atoms with van der Waals surface area (Å²) in [6, 6.07) is 0. The summed E-state index contributed by atoms with van der Waals surface area (Å²) in [5.41, 5.74) is -0.324. The van der Waals surface area contributed by atoms with Gasteiger partial charge in [-0.2, -0.15) is 0 Å². The minimum Gasteiger partial charge on any atom is -0.465 e. The molecule has 4 fully saturated rings. The molecule has 0 unspecified atom stereocenters. The maximum absolute atomic E-state index is 12.5. The van der Waals surface area contributed by atoms with Crippen molar-refractivity contribution in [2.75, 3.05) is 13.2 Å². The second-order valence-electron chi connectivity index (χ2n) is 11.2. The molecule has 6 heteroatoms. The fraction of sp³-hybridized carbons (Fsp3) is 0.875. The van der Waals surface area contributed by atoms with E-state index >= 15 is 0 Å². The van der Waals surface area contributed by atoms with Crippen LogP contribution in [0.2, 0.25) is 0 Å². The van der Waals surface area contributed by atoms with Crippen LogP contribution in [0.15, 0.2) is 0 Å². The lowest BCUT2D eigenvalue weighted by Crippen LogP contribution is -2.66. The van der Waals surface area contributed by atoms with Gasteiger partial charge in [-0.25, -0.2) is 0 Å². The predicted octanol–water partition coefficient (Wildman–Crippen LogP) is 3.90. The Bertz CT molecular complexity index is 744. The maximum Gasteiger partial charge on any atom is 0.309 e. The van der Waals surface area contributed by atoms with Crippen molar-refractivity contribution in [1.29, 1.82) is 0 Å². The molecule has 1 aliphatic heterocycles. The zero-order valence-electron chi connectivity index (χ0n) is 19.0. The molecular weight excluding hydrogens is 384 g/mol. The number of ether oxygens (including phenoxy) is 3. The molecule has 0 amide bonds. The predicted molar refractivity (Wildman–Crippen MR) is 109 cm³/mol. The molecule has 0 N–H and O–H groups in total. The van der Waals surface area contributed by atoms with E-state index in [-0.39, 0.29) is 58.0 Å². The van der Waals surface area contributed by atoms with Gasteiger partial charge in [0.05, 0.1) is 19.1 Å². The largest absolute Gasteiger partial charge is 0.465 e. The molecule has 3 saturated carbocycles. The third-order valence-electron chi connectivity index (χ3n) is 9.16. The molecule has 168 valence electrons. The van der Waals surface area contributed by atoms with Gasteiger partial charge in [0.25, 0.3) is 0 Å². The Balaban J connectivity index is 1.84. The fourth-order valence-electron chi connectivity index (χ4n) is 8.21. The van der Waals surface area contributed by atoms with Gasteiger partial charge >= 0.3 is 17.9 Å². The average molecular weight is 421 g/mol. The van der Waals surface area contributed by atoms with Gasteiger partial charge in [-0.05, 0) is 48.9 Å². The van der Waals surface area contributed by atoms with Crippen LogP contribution in [0.5, 0.6) is 0 Å². The Morgan fingerprint density at radius 1 is 1.10 bits per heavy atom. The van der Waals surface area contributed by atoms with Gasteiger partial charge in [-0.1, -0.05) is 27.2 Å². The van der Waals surface area contributed by atoms with E-state index in [0.29, 0.717) is 25.6 Å². The summed E-state index contributed by atoms with van der Waals surface area (Å²) in [6.07, 6.45) is 5.33. The minimum atomic E-state index is -0.355. The number of cyclic esters (lactones) is 1. The second-order valence-corrected chi connectivity index (χ2v) is 11.2. The first-order valence-corrected chi connectivity index (χ1v) is 11.5. The summed E-state index contributed by atoms with van der Waals surface area (Å²) in [6.45, 7) is 10.6. The molecule has 0 radical (unpaired) electrons. The highest BCUT2D eigenvalue weighted by Gasteiger charge is 2.69. The summed E-state index contributed by atoms with van der Waals surface area (Å²) < 4.78 is 17.2. The molecule has 0 bridgehead atoms. The van der Waals surface area contributed by atoms with E-state index in [1.165, 1.54) is 13.8 Å². The fourth-order valence-corrected chi connectivity index (χ4v) is 8.21. The van der Waals surface area contributed by atoms with Crippen LogP contribution in [0.4, 0.5) is 0 Å². The van der Waals surface area contributed by atoms with E-state index in [2.05, 4.69) is 20.8 Å². The molecule has 1 saturated heterocycles. The van der Waals surface area contributed by atoms with Crippen LogP contribution >= 0.6 is 0 Å². The number of esters is 3. The van der Waals surface area contributed by atoms with Crippen LogP contribution in [0, 0.1) is 39.9 Å². The van der Waals surface area contributed by atoms with Crippen molar-refractivity contribution < 1.29 is 28.6 Å². The molecule has 30 heavy (non-hydrogen) atoms. The van der Waals surface area contributed by atoms with E-state index in [4.69, 9.17) is 14.2 Å². The van der Waals surface area contributed by atoms with Crippen molar-refractivity contribution in [2.24, 2.45) is 39.9 Å². The molecular formula is C24H36O6. The van der Waals surface area contributed by atoms with Gasteiger partial charge in [0, 0.05) is 31.1 Å². The van der Waals surface area contributed by atoms with E-state index < -0.39 is 0 Å². The van der Waals surface area contributed by atoms with Gasteiger partial charge in [-0.15, -0.1) is 0 Å². The van der Waals surface area contributed by atoms with Crippen LogP contribution in [-0.4, -0.2) is 37.2 Å². The van der Waals surface area contributed by atoms with Crippen molar-refractivity contribution >= 4 is 17.9 Å². The molecule has 3 aliphatic carbocycles. The second kappa shape index (κ2) is 7.23. The van der Waals surface area contributed by atoms with Crippen LogP contribution in [-0.2, 0) is 28.6 Å². The Labute approximate surface area is 179 Å². The van der Waals surface area contributed by atoms with Crippen LogP contribution < -0.4 is 0 Å². The Kier molecular flexibility index (Phi) is 5.22. The lowest BCUT2D eigenvalue weighted by Gasteiger charge is -2.67. The van der Waals surface area contributed by atoms with Gasteiger partial charge in [0.15, 0.2) is 0 Å². The number of hydrogen-bond donors (Lipinski definition) is 0. The topological polar surface area (TPSA) is 78.9 Å². The summed E-state index contributed by atoms with van der Waals surface area (Å²) in [5.74, 6) is -0.400. The summed E-state index contributed by atoms with van der Waals surface area (Å²) in [4.78, 5) is 36.5. The van der Waals surface area contributed by atoms with Crippen molar-refractivity contribution in [2.45, 2.75) is 79.2 Å². The summed E-state index contributed by atoms with van der Waals surface area (Å²) in [7, 11) is 0. The van der Waals surface area contributed by atoms with Gasteiger partial charge < -0.3 is 14.2 Å². The van der Waals surface area contributed by atoms with Crippen molar-refractivity contribution in [3.05, 3.63) is 0 Å². The average Bonchev–Trinajstić information content (AvgIpc) is 3.00. The first-order chi connectivity index (χ1) is 14.0. The van der Waals surface area contributed by atoms with Gasteiger partial charge in [0.2, 0.25) is 0 Å². The highest BCUT2D eigenvalue weighted by Crippen LogP contribution is 2.70. The molecule has 1 heterocycles. The Morgan fingerprint density at radius 2 is 1.83 bits per heavy atom. The first-order valence-electron chi connectivity index (χ1n) is 11.5.